The lowest BCUT2D eigenvalue weighted by atomic mass is 9.43. The van der Waals surface area contributed by atoms with Gasteiger partial charge in [0.25, 0.3) is 5.91 Å². The van der Waals surface area contributed by atoms with Crippen LogP contribution in [0, 0.1) is 51.2 Å². The van der Waals surface area contributed by atoms with Crippen LogP contribution < -0.4 is 0 Å². The average molecular weight is 450 g/mol. The molecule has 0 aromatic rings. The average Bonchev–Trinajstić information content (AvgIpc) is 3.12. The Morgan fingerprint density at radius 1 is 1.12 bits per heavy atom. The van der Waals surface area contributed by atoms with Crippen LogP contribution >= 0.6 is 0 Å². The lowest BCUT2D eigenvalue weighted by Gasteiger charge is -2.63. The van der Waals surface area contributed by atoms with Crippen molar-refractivity contribution in [1.29, 1.82) is 0 Å². The zero-order valence-electron chi connectivity index (χ0n) is 20.3. The van der Waals surface area contributed by atoms with Gasteiger partial charge in [-0.3, -0.25) is 4.79 Å². The molecule has 0 aromatic carbocycles. The van der Waals surface area contributed by atoms with Crippen LogP contribution in [0.1, 0.15) is 85.5 Å². The summed E-state index contributed by atoms with van der Waals surface area (Å²) in [4.78, 5) is 22.0. The Morgan fingerprint density at radius 2 is 1.88 bits per heavy atom. The predicted molar refractivity (Wildman–Crippen MR) is 123 cm³/mol. The fourth-order valence-corrected chi connectivity index (χ4v) is 9.10. The highest BCUT2D eigenvalue weighted by Gasteiger charge is 2.65. The van der Waals surface area contributed by atoms with Crippen molar-refractivity contribution in [2.45, 2.75) is 104 Å². The van der Waals surface area contributed by atoms with Crippen molar-refractivity contribution in [1.82, 2.24) is 0 Å². The van der Waals surface area contributed by atoms with Gasteiger partial charge in [0.15, 0.2) is 0 Å². The monoisotopic (exact) mass is 449 g/mol. The maximum Gasteiger partial charge on any atom is 0.286 e. The third-order valence-electron chi connectivity index (χ3n) is 10.8. The number of carbonyl (C=O) groups is 1. The summed E-state index contributed by atoms with van der Waals surface area (Å²) < 4.78 is 5.96. The molecule has 0 saturated heterocycles. The van der Waals surface area contributed by atoms with Gasteiger partial charge in [-0.05, 0) is 105 Å². The molecule has 4 rings (SSSR count). The number of nitrogens with zero attached hydrogens (tertiary/aromatic N) is 1. The summed E-state index contributed by atoms with van der Waals surface area (Å²) in [6.07, 6.45) is 7.32. The fourth-order valence-electron chi connectivity index (χ4n) is 9.10. The third-order valence-corrected chi connectivity index (χ3v) is 10.8. The van der Waals surface area contributed by atoms with E-state index in [1.165, 1.54) is 0 Å². The van der Waals surface area contributed by atoms with E-state index in [1.807, 2.05) is 0 Å². The molecule has 0 heterocycles. The summed E-state index contributed by atoms with van der Waals surface area (Å²) in [5, 5.41) is 25.6. The van der Waals surface area contributed by atoms with E-state index in [-0.39, 0.29) is 35.2 Å². The Labute approximate surface area is 192 Å². The van der Waals surface area contributed by atoms with E-state index < -0.39 is 12.0 Å². The molecule has 0 bridgehead atoms. The van der Waals surface area contributed by atoms with Crippen molar-refractivity contribution in [2.75, 3.05) is 6.61 Å². The summed E-state index contributed by atoms with van der Waals surface area (Å²) in [7, 11) is 0. The molecule has 0 radical (unpaired) electrons. The Bertz CT molecular complexity index is 714. The first-order valence-electron chi connectivity index (χ1n) is 13.0. The van der Waals surface area contributed by atoms with Crippen LogP contribution in [0.25, 0.3) is 0 Å². The number of rotatable bonds is 6. The fraction of sp³-hybridized carbons (Fsp3) is 0.962. The Morgan fingerprint density at radius 3 is 2.56 bits per heavy atom. The molecule has 6 nitrogen and oxygen atoms in total. The van der Waals surface area contributed by atoms with Crippen LogP contribution in [0.2, 0.25) is 0 Å². The summed E-state index contributed by atoms with van der Waals surface area (Å²) in [6, 6.07) is 0. The third kappa shape index (κ3) is 3.78. The lowest BCUT2D eigenvalue weighted by Crippen LogP contribution is -2.62. The molecule has 0 aliphatic heterocycles. The minimum atomic E-state index is -0.579. The topological polar surface area (TPSA) is 96.2 Å². The number of amides is 1. The molecule has 4 aliphatic rings. The van der Waals surface area contributed by atoms with E-state index >= 15 is 0 Å². The molecule has 0 aromatic heterocycles. The molecule has 4 fully saturated rings. The minimum absolute atomic E-state index is 0.158. The van der Waals surface area contributed by atoms with Crippen LogP contribution in [0.4, 0.5) is 0 Å². The molecule has 182 valence electrons. The van der Waals surface area contributed by atoms with Crippen LogP contribution in [0.5, 0.6) is 0 Å². The van der Waals surface area contributed by atoms with Gasteiger partial charge in [-0.2, -0.15) is 0 Å². The van der Waals surface area contributed by atoms with Crippen molar-refractivity contribution in [3.63, 3.8) is 0 Å². The molecule has 32 heavy (non-hydrogen) atoms. The summed E-state index contributed by atoms with van der Waals surface area (Å²) in [5.41, 5.74) is -0.0868. The van der Waals surface area contributed by atoms with E-state index in [4.69, 9.17) is 4.74 Å². The second-order valence-corrected chi connectivity index (χ2v) is 12.0. The highest BCUT2D eigenvalue weighted by molar-refractivity contribution is 5.76. The van der Waals surface area contributed by atoms with E-state index in [2.05, 4.69) is 32.9 Å². The first kappa shape index (κ1) is 24.3. The van der Waals surface area contributed by atoms with Gasteiger partial charge in [0, 0.05) is 18.2 Å². The summed E-state index contributed by atoms with van der Waals surface area (Å²) in [6.45, 7) is 9.61. The number of hydrogen-bond acceptors (Lipinski definition) is 5. The normalized spacial score (nSPS) is 48.9. The number of fused-ring (bicyclic) bond motifs is 5. The zero-order valence-corrected chi connectivity index (χ0v) is 20.3. The van der Waals surface area contributed by atoms with Crippen molar-refractivity contribution < 1.29 is 19.7 Å². The Kier molecular flexibility index (Phi) is 6.88. The van der Waals surface area contributed by atoms with Crippen molar-refractivity contribution in [3.05, 3.63) is 4.91 Å². The van der Waals surface area contributed by atoms with Crippen molar-refractivity contribution in [3.8, 4) is 0 Å². The van der Waals surface area contributed by atoms with E-state index in [0.29, 0.717) is 36.2 Å². The second kappa shape index (κ2) is 9.07. The molecule has 6 heteroatoms. The maximum absolute atomic E-state index is 11.6. The van der Waals surface area contributed by atoms with Gasteiger partial charge in [0.05, 0.1) is 18.3 Å². The number of ether oxygens (including phenoxy) is 1. The lowest BCUT2D eigenvalue weighted by molar-refractivity contribution is -0.209. The minimum Gasteiger partial charge on any atom is -0.393 e. The second-order valence-electron chi connectivity index (χ2n) is 12.0. The molecular formula is C26H43NO5. The number of aliphatic hydroxyl groups excluding tert-OH is 2. The molecule has 11 unspecified atom stereocenters. The molecular weight excluding hydrogens is 406 g/mol. The van der Waals surface area contributed by atoms with Gasteiger partial charge in [0.1, 0.15) is 0 Å². The van der Waals surface area contributed by atoms with Crippen LogP contribution in [0.3, 0.4) is 0 Å². The smallest absolute Gasteiger partial charge is 0.286 e. The molecule has 0 spiro atoms. The Hall–Kier alpha value is -0.850. The van der Waals surface area contributed by atoms with Crippen molar-refractivity contribution >= 4 is 5.91 Å². The molecule has 4 saturated carbocycles. The van der Waals surface area contributed by atoms with Crippen molar-refractivity contribution in [2.24, 2.45) is 51.5 Å². The molecule has 2 N–H and O–H groups in total. The van der Waals surface area contributed by atoms with E-state index in [1.54, 1.807) is 0 Å². The quantitative estimate of drug-likeness (QED) is 0.573. The largest absolute Gasteiger partial charge is 0.393 e. The number of aliphatic hydroxyl groups is 2. The summed E-state index contributed by atoms with van der Waals surface area (Å²) in [5.74, 6) is 1.32. The zero-order chi connectivity index (χ0) is 23.3. The van der Waals surface area contributed by atoms with Gasteiger partial charge in [-0.25, -0.2) is 0 Å². The van der Waals surface area contributed by atoms with Gasteiger partial charge in [-0.1, -0.05) is 20.8 Å². The van der Waals surface area contributed by atoms with Crippen LogP contribution in [-0.2, 0) is 9.53 Å². The molecule has 4 aliphatic carbocycles. The van der Waals surface area contributed by atoms with Crippen LogP contribution in [0.15, 0.2) is 5.18 Å². The maximum atomic E-state index is 11.6. The SMILES string of the molecule is CCOC1CCC2(C)C(C1)CC(O)C1C2CC(O)C2(C)C(C(C)CCC(=O)N=O)CCC12. The number of nitroso groups, excluding NO2 is 1. The molecule has 1 amide bonds. The predicted octanol–water partition coefficient (Wildman–Crippen LogP) is 4.70. The van der Waals surface area contributed by atoms with Gasteiger partial charge in [-0.15, -0.1) is 4.91 Å². The van der Waals surface area contributed by atoms with Gasteiger partial charge in [0.2, 0.25) is 0 Å². The van der Waals surface area contributed by atoms with E-state index in [0.717, 1.165) is 51.6 Å². The van der Waals surface area contributed by atoms with Crippen LogP contribution in [-0.4, -0.2) is 41.0 Å². The first-order valence-corrected chi connectivity index (χ1v) is 13.0. The first-order chi connectivity index (χ1) is 15.2. The van der Waals surface area contributed by atoms with E-state index in [9.17, 15) is 19.9 Å². The summed E-state index contributed by atoms with van der Waals surface area (Å²) >= 11 is 0. The number of carbonyl (C=O) groups excluding carboxylic acids is 1. The highest BCUT2D eigenvalue weighted by atomic mass is 16.5. The Balaban J connectivity index is 1.55. The molecule has 11 atom stereocenters. The number of hydrogen-bond donors (Lipinski definition) is 2. The van der Waals surface area contributed by atoms with Gasteiger partial charge >= 0.3 is 0 Å². The van der Waals surface area contributed by atoms with Gasteiger partial charge < -0.3 is 14.9 Å². The highest BCUT2D eigenvalue weighted by Crippen LogP contribution is 2.68. The standard InChI is InChI=1S/C26H43NO5/c1-5-32-17-10-11-25(3)16(12-17)13-21(28)24-19-8-7-18(15(2)6-9-23(30)27-31)26(19,4)22(29)14-20(24)25/h15-22,24,28-29H,5-14H2,1-4H3.